The number of carbonyl (C=O) groups excluding carboxylic acids is 1. The summed E-state index contributed by atoms with van der Waals surface area (Å²) >= 11 is 0. The van der Waals surface area contributed by atoms with Gasteiger partial charge in [-0.25, -0.2) is 0 Å². The minimum absolute atomic E-state index is 0.0567. The van der Waals surface area contributed by atoms with Crippen LogP contribution >= 0.6 is 0 Å². The second-order valence-electron chi connectivity index (χ2n) is 4.66. The molecule has 1 aliphatic rings. The van der Waals surface area contributed by atoms with Crippen molar-refractivity contribution in [3.63, 3.8) is 0 Å². The number of nitrogens with two attached hydrogens (primary N) is 1. The number of hydrogen-bond donors (Lipinski definition) is 1. The van der Waals surface area contributed by atoms with Gasteiger partial charge in [0.2, 0.25) is 0 Å². The van der Waals surface area contributed by atoms with Crippen molar-refractivity contribution in [3.05, 3.63) is 29.8 Å². The van der Waals surface area contributed by atoms with Gasteiger partial charge in [0.1, 0.15) is 0 Å². The Morgan fingerprint density at radius 3 is 2.31 bits per heavy atom. The standard InChI is InChI=1S/C13H17NO2/c1-9(2)16-12(15)13(7-8-13)10-3-5-11(14)6-4-10/h3-6,9H,7-8,14H2,1-2H3. The molecule has 1 aliphatic carbocycles. The van der Waals surface area contributed by atoms with Gasteiger partial charge < -0.3 is 10.5 Å². The maximum Gasteiger partial charge on any atom is 0.316 e. The van der Waals surface area contributed by atoms with Crippen LogP contribution in [0.2, 0.25) is 0 Å². The zero-order valence-electron chi connectivity index (χ0n) is 9.69. The van der Waals surface area contributed by atoms with Gasteiger partial charge in [0.05, 0.1) is 11.5 Å². The first-order valence-corrected chi connectivity index (χ1v) is 5.62. The van der Waals surface area contributed by atoms with Crippen LogP contribution in [0.15, 0.2) is 24.3 Å². The molecule has 1 fully saturated rings. The minimum Gasteiger partial charge on any atom is -0.462 e. The highest BCUT2D eigenvalue weighted by Gasteiger charge is 2.52. The third kappa shape index (κ3) is 1.90. The molecule has 2 N–H and O–H groups in total. The van der Waals surface area contributed by atoms with Crippen molar-refractivity contribution >= 4 is 11.7 Å². The molecule has 16 heavy (non-hydrogen) atoms. The lowest BCUT2D eigenvalue weighted by Crippen LogP contribution is -2.25. The fourth-order valence-electron chi connectivity index (χ4n) is 1.86. The first-order valence-electron chi connectivity index (χ1n) is 5.62. The summed E-state index contributed by atoms with van der Waals surface area (Å²) in [5, 5.41) is 0. The maximum atomic E-state index is 12.0. The number of nitrogen functional groups attached to an aromatic ring is 1. The van der Waals surface area contributed by atoms with Gasteiger partial charge in [0, 0.05) is 5.69 Å². The molecule has 0 unspecified atom stereocenters. The van der Waals surface area contributed by atoms with Crippen LogP contribution in [-0.2, 0) is 14.9 Å². The van der Waals surface area contributed by atoms with Gasteiger partial charge in [-0.15, -0.1) is 0 Å². The van der Waals surface area contributed by atoms with Gasteiger partial charge >= 0.3 is 5.97 Å². The summed E-state index contributed by atoms with van der Waals surface area (Å²) in [5.41, 5.74) is 6.98. The van der Waals surface area contributed by atoms with Crippen molar-refractivity contribution in [1.29, 1.82) is 0 Å². The van der Waals surface area contributed by atoms with Crippen LogP contribution in [0, 0.1) is 0 Å². The summed E-state index contributed by atoms with van der Waals surface area (Å²) in [6, 6.07) is 7.50. The predicted molar refractivity (Wildman–Crippen MR) is 63.0 cm³/mol. The molecule has 0 saturated heterocycles. The normalized spacial score (nSPS) is 17.2. The molecule has 3 heteroatoms. The van der Waals surface area contributed by atoms with Crippen LogP contribution in [-0.4, -0.2) is 12.1 Å². The van der Waals surface area contributed by atoms with Crippen LogP contribution in [0.25, 0.3) is 0 Å². The Morgan fingerprint density at radius 2 is 1.88 bits per heavy atom. The molecule has 0 spiro atoms. The predicted octanol–water partition coefficient (Wildman–Crippen LogP) is 2.25. The van der Waals surface area contributed by atoms with Crippen molar-refractivity contribution in [2.75, 3.05) is 5.73 Å². The van der Waals surface area contributed by atoms with Crippen LogP contribution in [0.4, 0.5) is 5.69 Å². The minimum atomic E-state index is -0.391. The van der Waals surface area contributed by atoms with E-state index >= 15 is 0 Å². The number of esters is 1. The number of benzene rings is 1. The smallest absolute Gasteiger partial charge is 0.316 e. The Balaban J connectivity index is 2.19. The molecule has 86 valence electrons. The number of anilines is 1. The quantitative estimate of drug-likeness (QED) is 0.626. The highest BCUT2D eigenvalue weighted by molar-refractivity contribution is 5.86. The summed E-state index contributed by atoms with van der Waals surface area (Å²) < 4.78 is 5.29. The summed E-state index contributed by atoms with van der Waals surface area (Å²) in [6.45, 7) is 3.74. The van der Waals surface area contributed by atoms with E-state index in [0.29, 0.717) is 0 Å². The van der Waals surface area contributed by atoms with E-state index in [9.17, 15) is 4.79 Å². The van der Waals surface area contributed by atoms with Crippen molar-refractivity contribution in [2.24, 2.45) is 0 Å². The van der Waals surface area contributed by atoms with E-state index in [0.717, 1.165) is 24.1 Å². The molecule has 0 radical (unpaired) electrons. The van der Waals surface area contributed by atoms with Crippen LogP contribution in [0.3, 0.4) is 0 Å². The highest BCUT2D eigenvalue weighted by atomic mass is 16.5. The molecule has 1 aromatic rings. The Bertz CT molecular complexity index is 391. The molecule has 1 saturated carbocycles. The zero-order chi connectivity index (χ0) is 11.8. The number of hydrogen-bond acceptors (Lipinski definition) is 3. The lowest BCUT2D eigenvalue weighted by molar-refractivity contribution is -0.150. The Morgan fingerprint density at radius 1 is 1.31 bits per heavy atom. The largest absolute Gasteiger partial charge is 0.462 e. The van der Waals surface area contributed by atoms with Crippen molar-refractivity contribution < 1.29 is 9.53 Å². The molecule has 0 aliphatic heterocycles. The van der Waals surface area contributed by atoms with E-state index in [1.54, 1.807) is 0 Å². The van der Waals surface area contributed by atoms with Crippen LogP contribution in [0.5, 0.6) is 0 Å². The number of rotatable bonds is 3. The molecule has 3 nitrogen and oxygen atoms in total. The maximum absolute atomic E-state index is 12.0. The molecule has 0 heterocycles. The first-order chi connectivity index (χ1) is 7.54. The lowest BCUT2D eigenvalue weighted by Gasteiger charge is -2.17. The van der Waals surface area contributed by atoms with Gasteiger partial charge in [-0.3, -0.25) is 4.79 Å². The Kier molecular flexibility index (Phi) is 2.62. The average Bonchev–Trinajstić information content (AvgIpc) is 2.98. The molecule has 0 bridgehead atoms. The summed E-state index contributed by atoms with van der Waals surface area (Å²) in [6.07, 6.45) is 1.70. The van der Waals surface area contributed by atoms with Crippen molar-refractivity contribution in [1.82, 2.24) is 0 Å². The lowest BCUT2D eigenvalue weighted by atomic mass is 9.96. The SMILES string of the molecule is CC(C)OC(=O)C1(c2ccc(N)cc2)CC1. The topological polar surface area (TPSA) is 52.3 Å². The third-order valence-electron chi connectivity index (χ3n) is 2.95. The van der Waals surface area contributed by atoms with Gasteiger partial charge in [0.25, 0.3) is 0 Å². The van der Waals surface area contributed by atoms with Gasteiger partial charge in [0.15, 0.2) is 0 Å². The van der Waals surface area contributed by atoms with E-state index in [2.05, 4.69) is 0 Å². The molecule has 0 amide bonds. The molecule has 0 atom stereocenters. The fourth-order valence-corrected chi connectivity index (χ4v) is 1.86. The van der Waals surface area contributed by atoms with E-state index in [-0.39, 0.29) is 12.1 Å². The molecular weight excluding hydrogens is 202 g/mol. The van der Waals surface area contributed by atoms with Crippen LogP contribution < -0.4 is 5.73 Å². The molecular formula is C13H17NO2. The Hall–Kier alpha value is -1.51. The molecule has 0 aromatic heterocycles. The monoisotopic (exact) mass is 219 g/mol. The number of carbonyl (C=O) groups is 1. The number of ether oxygens (including phenoxy) is 1. The summed E-state index contributed by atoms with van der Waals surface area (Å²) in [7, 11) is 0. The van der Waals surface area contributed by atoms with E-state index < -0.39 is 5.41 Å². The van der Waals surface area contributed by atoms with Gasteiger partial charge in [-0.1, -0.05) is 12.1 Å². The average molecular weight is 219 g/mol. The highest BCUT2D eigenvalue weighted by Crippen LogP contribution is 2.49. The van der Waals surface area contributed by atoms with Gasteiger partial charge in [-0.05, 0) is 44.4 Å². The Labute approximate surface area is 95.6 Å². The van der Waals surface area contributed by atoms with Gasteiger partial charge in [-0.2, -0.15) is 0 Å². The van der Waals surface area contributed by atoms with Crippen LogP contribution in [0.1, 0.15) is 32.3 Å². The zero-order valence-corrected chi connectivity index (χ0v) is 9.69. The third-order valence-corrected chi connectivity index (χ3v) is 2.95. The second kappa shape index (κ2) is 3.81. The van der Waals surface area contributed by atoms with E-state index in [4.69, 9.17) is 10.5 Å². The molecule has 2 rings (SSSR count). The summed E-state index contributed by atoms with van der Waals surface area (Å²) in [5.74, 6) is -0.104. The second-order valence-corrected chi connectivity index (χ2v) is 4.66. The van der Waals surface area contributed by atoms with Crippen molar-refractivity contribution in [2.45, 2.75) is 38.2 Å². The first kappa shape index (κ1) is 11.0. The summed E-state index contributed by atoms with van der Waals surface area (Å²) in [4.78, 5) is 12.0. The van der Waals surface area contributed by atoms with E-state index in [1.807, 2.05) is 38.1 Å². The fraction of sp³-hybridized carbons (Fsp3) is 0.462. The molecule has 1 aromatic carbocycles. The van der Waals surface area contributed by atoms with Crippen molar-refractivity contribution in [3.8, 4) is 0 Å². The van der Waals surface area contributed by atoms with E-state index in [1.165, 1.54) is 0 Å².